The second-order valence-corrected chi connectivity index (χ2v) is 6.93. The third kappa shape index (κ3) is 4.86. The van der Waals surface area contributed by atoms with Crippen molar-refractivity contribution in [2.45, 2.75) is 32.2 Å². The highest BCUT2D eigenvalue weighted by atomic mass is 16.2. The standard InChI is InChI=1S/C21H27N5O2/c1-2-17-11-15(7-9-23-17)16-12-19(21(28)24-13-16)25-18-5-4-10-26(14-18)20(27)6-3-8-22/h3,6-7,9,11-13,18,25H,2,4-5,8,10,14,22H2,1H3,(H,24,28)/b6-3+/t18-/m0/s1. The number of aryl methyl sites for hydroxylation is 1. The first kappa shape index (κ1) is 19.8. The number of piperidine rings is 1. The van der Waals surface area contributed by atoms with Crippen molar-refractivity contribution < 1.29 is 4.79 Å². The summed E-state index contributed by atoms with van der Waals surface area (Å²) in [7, 11) is 0. The van der Waals surface area contributed by atoms with Crippen LogP contribution in [0, 0.1) is 0 Å². The van der Waals surface area contributed by atoms with Crippen LogP contribution in [0.25, 0.3) is 11.1 Å². The first-order valence-corrected chi connectivity index (χ1v) is 9.70. The minimum atomic E-state index is -0.167. The number of nitrogens with two attached hydrogens (primary N) is 1. The van der Waals surface area contributed by atoms with Crippen LogP contribution >= 0.6 is 0 Å². The topological polar surface area (TPSA) is 104 Å². The van der Waals surface area contributed by atoms with Gasteiger partial charge >= 0.3 is 0 Å². The second-order valence-electron chi connectivity index (χ2n) is 6.93. The highest BCUT2D eigenvalue weighted by molar-refractivity contribution is 5.87. The average Bonchev–Trinajstić information content (AvgIpc) is 2.73. The van der Waals surface area contributed by atoms with E-state index in [2.05, 4.69) is 22.2 Å². The molecule has 1 saturated heterocycles. The van der Waals surface area contributed by atoms with E-state index >= 15 is 0 Å². The van der Waals surface area contributed by atoms with Crippen molar-refractivity contribution >= 4 is 11.6 Å². The third-order valence-corrected chi connectivity index (χ3v) is 4.90. The van der Waals surface area contributed by atoms with Gasteiger partial charge in [0.05, 0.1) is 0 Å². The van der Waals surface area contributed by atoms with Crippen LogP contribution in [-0.4, -0.2) is 46.5 Å². The van der Waals surface area contributed by atoms with Crippen molar-refractivity contribution in [3.63, 3.8) is 0 Å². The SMILES string of the molecule is CCc1cc(-c2c[nH]c(=O)c(N[C@H]3CCCN(C(=O)/C=C/CN)C3)c2)ccn1. The molecule has 1 fully saturated rings. The molecule has 1 aliphatic heterocycles. The predicted molar refractivity (Wildman–Crippen MR) is 111 cm³/mol. The maximum Gasteiger partial charge on any atom is 0.271 e. The second kappa shape index (κ2) is 9.32. The Hall–Kier alpha value is -2.93. The molecule has 0 aliphatic carbocycles. The zero-order valence-corrected chi connectivity index (χ0v) is 16.1. The molecule has 0 bridgehead atoms. The van der Waals surface area contributed by atoms with Crippen molar-refractivity contribution in [1.29, 1.82) is 0 Å². The molecule has 1 atom stereocenters. The van der Waals surface area contributed by atoms with Gasteiger partial charge in [-0.25, -0.2) is 0 Å². The van der Waals surface area contributed by atoms with Crippen LogP contribution in [0.3, 0.4) is 0 Å². The molecule has 2 aromatic rings. The minimum Gasteiger partial charge on any atom is -0.376 e. The Morgan fingerprint density at radius 1 is 1.43 bits per heavy atom. The van der Waals surface area contributed by atoms with Gasteiger partial charge in [0.2, 0.25) is 5.91 Å². The number of rotatable bonds is 6. The lowest BCUT2D eigenvalue weighted by molar-refractivity contribution is -0.127. The molecule has 0 radical (unpaired) electrons. The summed E-state index contributed by atoms with van der Waals surface area (Å²) >= 11 is 0. The highest BCUT2D eigenvalue weighted by Gasteiger charge is 2.23. The van der Waals surface area contributed by atoms with E-state index in [1.54, 1.807) is 23.4 Å². The van der Waals surface area contributed by atoms with Gasteiger partial charge in [-0.2, -0.15) is 0 Å². The Bertz CT molecular complexity index is 906. The van der Waals surface area contributed by atoms with Crippen LogP contribution in [0.4, 0.5) is 5.69 Å². The summed E-state index contributed by atoms with van der Waals surface area (Å²) in [5.74, 6) is -0.0384. The summed E-state index contributed by atoms with van der Waals surface area (Å²) in [5, 5.41) is 3.33. The minimum absolute atomic E-state index is 0.0315. The number of likely N-dealkylation sites (tertiary alicyclic amines) is 1. The lowest BCUT2D eigenvalue weighted by Crippen LogP contribution is -2.45. The first-order chi connectivity index (χ1) is 13.6. The highest BCUT2D eigenvalue weighted by Crippen LogP contribution is 2.22. The van der Waals surface area contributed by atoms with Gasteiger partial charge in [0.1, 0.15) is 5.69 Å². The zero-order chi connectivity index (χ0) is 19.9. The number of nitrogens with zero attached hydrogens (tertiary/aromatic N) is 2. The number of amides is 1. The molecular weight excluding hydrogens is 354 g/mol. The number of hydrogen-bond acceptors (Lipinski definition) is 5. The summed E-state index contributed by atoms with van der Waals surface area (Å²) in [5.41, 5.74) is 8.71. The number of carbonyl (C=O) groups is 1. The van der Waals surface area contributed by atoms with Crippen molar-refractivity contribution in [2.24, 2.45) is 5.73 Å². The number of nitrogens with one attached hydrogen (secondary N) is 2. The molecule has 0 unspecified atom stereocenters. The lowest BCUT2D eigenvalue weighted by Gasteiger charge is -2.33. The maximum absolute atomic E-state index is 12.3. The van der Waals surface area contributed by atoms with E-state index in [-0.39, 0.29) is 17.5 Å². The monoisotopic (exact) mass is 381 g/mol. The number of aromatic amines is 1. The number of pyridine rings is 2. The van der Waals surface area contributed by atoms with E-state index in [0.717, 1.165) is 42.6 Å². The predicted octanol–water partition coefficient (Wildman–Crippen LogP) is 1.92. The molecule has 1 aliphatic rings. The molecule has 4 N–H and O–H groups in total. The molecule has 7 nitrogen and oxygen atoms in total. The Labute approximate surface area is 164 Å². The summed E-state index contributed by atoms with van der Waals surface area (Å²) in [6, 6.07) is 5.86. The van der Waals surface area contributed by atoms with Crippen LogP contribution in [0.1, 0.15) is 25.5 Å². The van der Waals surface area contributed by atoms with Crippen molar-refractivity contribution in [1.82, 2.24) is 14.9 Å². The Morgan fingerprint density at radius 2 is 2.29 bits per heavy atom. The number of anilines is 1. The zero-order valence-electron chi connectivity index (χ0n) is 16.1. The van der Waals surface area contributed by atoms with Gasteiger partial charge in [-0.1, -0.05) is 13.0 Å². The Balaban J connectivity index is 1.75. The van der Waals surface area contributed by atoms with Crippen LogP contribution in [0.5, 0.6) is 0 Å². The number of carbonyl (C=O) groups excluding carboxylic acids is 1. The van der Waals surface area contributed by atoms with E-state index in [1.165, 1.54) is 6.08 Å². The molecule has 7 heteroatoms. The molecule has 0 saturated carbocycles. The van der Waals surface area contributed by atoms with E-state index in [9.17, 15) is 9.59 Å². The Kier molecular flexibility index (Phi) is 6.60. The third-order valence-electron chi connectivity index (χ3n) is 4.90. The van der Waals surface area contributed by atoms with Gasteiger partial charge in [-0.15, -0.1) is 0 Å². The van der Waals surface area contributed by atoms with Gasteiger partial charge in [0, 0.05) is 55.4 Å². The molecule has 3 heterocycles. The van der Waals surface area contributed by atoms with E-state index < -0.39 is 0 Å². The molecule has 0 spiro atoms. The fourth-order valence-corrected chi connectivity index (χ4v) is 3.40. The fourth-order valence-electron chi connectivity index (χ4n) is 3.40. The number of hydrogen-bond donors (Lipinski definition) is 3. The molecule has 1 amide bonds. The first-order valence-electron chi connectivity index (χ1n) is 9.70. The van der Waals surface area contributed by atoms with Crippen LogP contribution in [-0.2, 0) is 11.2 Å². The van der Waals surface area contributed by atoms with Crippen molar-refractivity contribution in [3.8, 4) is 11.1 Å². The van der Waals surface area contributed by atoms with Gasteiger partial charge in [0.15, 0.2) is 0 Å². The molecule has 148 valence electrons. The van der Waals surface area contributed by atoms with Crippen LogP contribution < -0.4 is 16.6 Å². The average molecular weight is 381 g/mol. The molecular formula is C21H27N5O2. The van der Waals surface area contributed by atoms with Crippen LogP contribution in [0.2, 0.25) is 0 Å². The summed E-state index contributed by atoms with van der Waals surface area (Å²) in [6.07, 6.45) is 9.33. The van der Waals surface area contributed by atoms with Gasteiger partial charge < -0.3 is 20.9 Å². The summed E-state index contributed by atoms with van der Waals surface area (Å²) in [4.78, 5) is 33.5. The largest absolute Gasteiger partial charge is 0.376 e. The molecule has 28 heavy (non-hydrogen) atoms. The molecule has 0 aromatic carbocycles. The molecule has 2 aromatic heterocycles. The van der Waals surface area contributed by atoms with Crippen molar-refractivity contribution in [3.05, 3.63) is 58.8 Å². The molecule has 3 rings (SSSR count). The fraction of sp³-hybridized carbons (Fsp3) is 0.381. The smallest absolute Gasteiger partial charge is 0.271 e. The van der Waals surface area contributed by atoms with Crippen LogP contribution in [0.15, 0.2) is 47.5 Å². The number of H-pyrrole nitrogens is 1. The van der Waals surface area contributed by atoms with E-state index in [1.807, 2.05) is 18.2 Å². The quantitative estimate of drug-likeness (QED) is 0.663. The summed E-state index contributed by atoms with van der Waals surface area (Å²) in [6.45, 7) is 3.69. The van der Waals surface area contributed by atoms with E-state index in [4.69, 9.17) is 5.73 Å². The maximum atomic E-state index is 12.3. The van der Waals surface area contributed by atoms with E-state index in [0.29, 0.717) is 18.8 Å². The normalized spacial score (nSPS) is 17.1. The van der Waals surface area contributed by atoms with Gasteiger partial charge in [-0.05, 0) is 43.0 Å². The Morgan fingerprint density at radius 3 is 3.07 bits per heavy atom. The van der Waals surface area contributed by atoms with Crippen molar-refractivity contribution in [2.75, 3.05) is 25.0 Å². The lowest BCUT2D eigenvalue weighted by atomic mass is 10.0. The van der Waals surface area contributed by atoms with Gasteiger partial charge in [-0.3, -0.25) is 14.6 Å². The van der Waals surface area contributed by atoms with Gasteiger partial charge in [0.25, 0.3) is 5.56 Å². The number of aromatic nitrogens is 2. The summed E-state index contributed by atoms with van der Waals surface area (Å²) < 4.78 is 0.